The molecule has 3 N–H and O–H groups in total. The minimum absolute atomic E-state index is 0.117. The molecule has 2 unspecified atom stereocenters. The van der Waals surface area contributed by atoms with Gasteiger partial charge in [0, 0.05) is 23.2 Å². The van der Waals surface area contributed by atoms with Gasteiger partial charge in [-0.2, -0.15) is 0 Å². The fourth-order valence-electron chi connectivity index (χ4n) is 4.93. The predicted octanol–water partition coefficient (Wildman–Crippen LogP) is 6.84. The molecule has 0 saturated carbocycles. The van der Waals surface area contributed by atoms with Crippen LogP contribution in [0.1, 0.15) is 76.3 Å². The lowest BCUT2D eigenvalue weighted by Crippen LogP contribution is -2.59. The van der Waals surface area contributed by atoms with E-state index < -0.39 is 41.1 Å². The lowest BCUT2D eigenvalue weighted by molar-refractivity contribution is -0.147. The number of carbonyl (C=O) groups is 3. The molecule has 230 valence electrons. The number of aromatic hydroxyl groups is 1. The molecule has 0 radical (unpaired) electrons. The highest BCUT2D eigenvalue weighted by atomic mass is 16.6. The van der Waals surface area contributed by atoms with Gasteiger partial charge in [0.25, 0.3) is 5.91 Å². The summed E-state index contributed by atoms with van der Waals surface area (Å²) in [5, 5.41) is 16.8. The van der Waals surface area contributed by atoms with Crippen LogP contribution in [-0.4, -0.2) is 45.1 Å². The number of hydrogen-bond donors (Lipinski definition) is 3. The van der Waals surface area contributed by atoms with Gasteiger partial charge in [-0.3, -0.25) is 9.59 Å². The lowest BCUT2D eigenvalue weighted by atomic mass is 9.90. The second-order valence-electron chi connectivity index (χ2n) is 12.5. The van der Waals surface area contributed by atoms with Crippen LogP contribution >= 0.6 is 0 Å². The van der Waals surface area contributed by atoms with Crippen LogP contribution in [0.2, 0.25) is 0 Å². The first-order chi connectivity index (χ1) is 20.1. The van der Waals surface area contributed by atoms with Gasteiger partial charge in [-0.15, -0.1) is 0 Å². The number of hydrogen-bond acceptors (Lipinski definition) is 5. The molecule has 2 atom stereocenters. The third-order valence-electron chi connectivity index (χ3n) is 7.49. The number of nitrogens with zero attached hydrogens (tertiary/aromatic N) is 1. The summed E-state index contributed by atoms with van der Waals surface area (Å²) in [7, 11) is 0. The third kappa shape index (κ3) is 8.60. The van der Waals surface area contributed by atoms with E-state index in [0.717, 1.165) is 16.7 Å². The molecule has 3 rings (SSSR count). The van der Waals surface area contributed by atoms with Crippen molar-refractivity contribution in [3.63, 3.8) is 0 Å². The number of carbonyl (C=O) groups excluding carboxylic acids is 3. The van der Waals surface area contributed by atoms with Gasteiger partial charge in [0.2, 0.25) is 5.91 Å². The molecule has 8 heteroatoms. The molecule has 0 aliphatic rings. The van der Waals surface area contributed by atoms with Gasteiger partial charge >= 0.3 is 6.09 Å². The number of ether oxygens (including phenoxy) is 1. The topological polar surface area (TPSA) is 108 Å². The summed E-state index contributed by atoms with van der Waals surface area (Å²) in [6.45, 7) is 14.7. The number of aryl methyl sites for hydroxylation is 2. The monoisotopic (exact) mass is 587 g/mol. The smallest absolute Gasteiger partial charge is 0.408 e. The Balaban J connectivity index is 2.18. The molecule has 0 fully saturated rings. The van der Waals surface area contributed by atoms with Crippen molar-refractivity contribution in [2.24, 2.45) is 0 Å². The van der Waals surface area contributed by atoms with E-state index in [0.29, 0.717) is 12.1 Å². The Kier molecular flexibility index (Phi) is 10.6. The molecule has 0 heterocycles. The van der Waals surface area contributed by atoms with E-state index in [4.69, 9.17) is 4.74 Å². The van der Waals surface area contributed by atoms with E-state index >= 15 is 0 Å². The molecule has 3 aromatic carbocycles. The van der Waals surface area contributed by atoms with Crippen molar-refractivity contribution in [2.45, 2.75) is 91.5 Å². The number of anilines is 1. The summed E-state index contributed by atoms with van der Waals surface area (Å²) in [6.07, 6.45) is -0.0827. The number of phenolic OH excluding ortho intramolecular Hbond substituents is 1. The third-order valence-corrected chi connectivity index (χ3v) is 7.49. The summed E-state index contributed by atoms with van der Waals surface area (Å²) < 4.78 is 5.52. The molecule has 0 spiro atoms. The normalized spacial score (nSPS) is 13.0. The number of benzene rings is 3. The second kappa shape index (κ2) is 13.8. The van der Waals surface area contributed by atoms with Crippen LogP contribution in [0, 0.1) is 13.8 Å². The maximum Gasteiger partial charge on any atom is 0.408 e. The highest BCUT2D eigenvalue weighted by molar-refractivity contribution is 6.00. The number of alkyl carbamates (subject to hydrolysis) is 1. The number of para-hydroxylation sites is 2. The Morgan fingerprint density at radius 2 is 1.44 bits per heavy atom. The van der Waals surface area contributed by atoms with Crippen molar-refractivity contribution >= 4 is 23.6 Å². The summed E-state index contributed by atoms with van der Waals surface area (Å²) in [5.74, 6) is -1.08. The molecule has 0 aliphatic heterocycles. The minimum Gasteiger partial charge on any atom is -0.508 e. The van der Waals surface area contributed by atoms with Gasteiger partial charge in [0.05, 0.1) is 0 Å². The van der Waals surface area contributed by atoms with Crippen molar-refractivity contribution in [1.29, 1.82) is 0 Å². The Morgan fingerprint density at radius 3 is 2.00 bits per heavy atom. The molecule has 0 aliphatic carbocycles. The zero-order valence-electron chi connectivity index (χ0n) is 26.5. The Morgan fingerprint density at radius 1 is 0.860 bits per heavy atom. The molecule has 8 nitrogen and oxygen atoms in total. The minimum atomic E-state index is -1.22. The molecular formula is C35H45N3O5. The Labute approximate surface area is 255 Å². The molecule has 0 saturated heterocycles. The van der Waals surface area contributed by atoms with Crippen molar-refractivity contribution in [3.8, 4) is 5.75 Å². The highest BCUT2D eigenvalue weighted by Gasteiger charge is 2.44. The summed E-state index contributed by atoms with van der Waals surface area (Å²) >= 11 is 0. The molecule has 0 aromatic heterocycles. The number of rotatable bonds is 10. The van der Waals surface area contributed by atoms with E-state index in [1.165, 1.54) is 11.0 Å². The van der Waals surface area contributed by atoms with Gasteiger partial charge in [-0.05, 0) is 77.6 Å². The lowest BCUT2D eigenvalue weighted by Gasteiger charge is -2.44. The quantitative estimate of drug-likeness (QED) is 0.241. The van der Waals surface area contributed by atoms with Crippen LogP contribution in [0.15, 0.2) is 72.8 Å². The Bertz CT molecular complexity index is 1410. The molecule has 3 aromatic rings. The Hall–Kier alpha value is -4.33. The van der Waals surface area contributed by atoms with E-state index in [1.807, 2.05) is 83.1 Å². The summed E-state index contributed by atoms with van der Waals surface area (Å²) in [4.78, 5) is 43.6. The summed E-state index contributed by atoms with van der Waals surface area (Å²) in [6, 6.07) is 19.3. The zero-order valence-corrected chi connectivity index (χ0v) is 26.5. The number of phenols is 1. The van der Waals surface area contributed by atoms with Gasteiger partial charge in [0.1, 0.15) is 23.4 Å². The SMILES string of the molecule is CCC(C)(C)N(C(=O)C(Cc1ccccc1)NC(=O)OC(C)(C)C)C(C(=O)Nc1c(C)cccc1C)c1ccccc1O. The molecule has 0 bridgehead atoms. The van der Waals surface area contributed by atoms with E-state index in [2.05, 4.69) is 10.6 Å². The van der Waals surface area contributed by atoms with E-state index in [9.17, 15) is 19.5 Å². The second-order valence-corrected chi connectivity index (χ2v) is 12.5. The average Bonchev–Trinajstić information content (AvgIpc) is 2.93. The van der Waals surface area contributed by atoms with Crippen molar-refractivity contribution < 1.29 is 24.2 Å². The van der Waals surface area contributed by atoms with Crippen LogP contribution in [0.3, 0.4) is 0 Å². The van der Waals surface area contributed by atoms with E-state index in [1.54, 1.807) is 39.0 Å². The van der Waals surface area contributed by atoms with Crippen LogP contribution in [0.4, 0.5) is 10.5 Å². The van der Waals surface area contributed by atoms with Crippen LogP contribution < -0.4 is 10.6 Å². The standard InChI is InChI=1S/C35H45N3O5/c1-9-35(7,8)38(32(41)27(22-25-18-11-10-12-19-25)36-33(42)43-34(4,5)6)30(26-20-13-14-21-28(26)39)31(40)37-29-23(2)16-15-17-24(29)3/h10-21,27,30,39H,9,22H2,1-8H3,(H,36,42)(H,37,40). The van der Waals surface area contributed by atoms with Crippen molar-refractivity contribution in [1.82, 2.24) is 10.2 Å². The van der Waals surface area contributed by atoms with Gasteiger partial charge in [-0.25, -0.2) is 4.79 Å². The fourth-order valence-corrected chi connectivity index (χ4v) is 4.93. The predicted molar refractivity (Wildman–Crippen MR) is 170 cm³/mol. The fraction of sp³-hybridized carbons (Fsp3) is 0.400. The first kappa shape index (κ1) is 33.2. The number of nitrogens with one attached hydrogen (secondary N) is 2. The first-order valence-electron chi connectivity index (χ1n) is 14.7. The molecular weight excluding hydrogens is 542 g/mol. The molecule has 43 heavy (non-hydrogen) atoms. The van der Waals surface area contributed by atoms with Crippen LogP contribution in [-0.2, 0) is 20.7 Å². The van der Waals surface area contributed by atoms with Gasteiger partial charge in [-0.1, -0.05) is 73.7 Å². The largest absolute Gasteiger partial charge is 0.508 e. The van der Waals surface area contributed by atoms with Gasteiger partial charge < -0.3 is 25.4 Å². The first-order valence-corrected chi connectivity index (χ1v) is 14.7. The van der Waals surface area contributed by atoms with Crippen molar-refractivity contribution in [2.75, 3.05) is 5.32 Å². The van der Waals surface area contributed by atoms with Crippen LogP contribution in [0.5, 0.6) is 5.75 Å². The highest BCUT2D eigenvalue weighted by Crippen LogP contribution is 2.37. The summed E-state index contributed by atoms with van der Waals surface area (Å²) in [5.41, 5.74) is 1.82. The zero-order chi connectivity index (χ0) is 31.9. The number of amides is 3. The maximum absolute atomic E-state index is 14.8. The molecule has 3 amide bonds. The van der Waals surface area contributed by atoms with Crippen molar-refractivity contribution in [3.05, 3.63) is 95.1 Å². The average molecular weight is 588 g/mol. The van der Waals surface area contributed by atoms with Gasteiger partial charge in [0.15, 0.2) is 0 Å². The maximum atomic E-state index is 14.8. The van der Waals surface area contributed by atoms with Crippen LogP contribution in [0.25, 0.3) is 0 Å². The van der Waals surface area contributed by atoms with E-state index in [-0.39, 0.29) is 17.7 Å².